The molecule has 1 atom stereocenters. The van der Waals surface area contributed by atoms with Crippen molar-refractivity contribution in [2.75, 3.05) is 13.0 Å². The molecule has 2 aromatic carbocycles. The molecule has 1 saturated carbocycles. The highest BCUT2D eigenvalue weighted by atomic mass is 35.5. The molecule has 0 radical (unpaired) electrons. The number of methoxy groups -OCH3 is 1. The highest BCUT2D eigenvalue weighted by Crippen LogP contribution is 2.29. The number of alkyl halides is 1. The first-order valence-electron chi connectivity index (χ1n) is 10.1. The molecule has 3 rings (SSSR count). The van der Waals surface area contributed by atoms with Gasteiger partial charge in [-0.25, -0.2) is 0 Å². The van der Waals surface area contributed by atoms with Crippen LogP contribution in [0.15, 0.2) is 48.5 Å². The summed E-state index contributed by atoms with van der Waals surface area (Å²) in [6, 6.07) is 13.8. The summed E-state index contributed by atoms with van der Waals surface area (Å²) >= 11 is 12.3. The predicted octanol–water partition coefficient (Wildman–Crippen LogP) is 4.72. The van der Waals surface area contributed by atoms with Gasteiger partial charge in [0.05, 0.1) is 7.11 Å². The fourth-order valence-electron chi connectivity index (χ4n) is 3.82. The number of nitrogens with zero attached hydrogens (tertiary/aromatic N) is 1. The van der Waals surface area contributed by atoms with E-state index in [1.165, 1.54) is 4.90 Å². The Morgan fingerprint density at radius 2 is 1.80 bits per heavy atom. The minimum Gasteiger partial charge on any atom is -0.497 e. The zero-order valence-corrected chi connectivity index (χ0v) is 18.5. The van der Waals surface area contributed by atoms with Crippen molar-refractivity contribution in [3.8, 4) is 5.75 Å². The molecule has 2 amide bonds. The van der Waals surface area contributed by atoms with Crippen LogP contribution in [-0.4, -0.2) is 35.7 Å². The van der Waals surface area contributed by atoms with Crippen molar-refractivity contribution in [1.82, 2.24) is 10.2 Å². The van der Waals surface area contributed by atoms with E-state index in [9.17, 15) is 9.59 Å². The van der Waals surface area contributed by atoms with Crippen molar-refractivity contribution in [1.29, 1.82) is 0 Å². The summed E-state index contributed by atoms with van der Waals surface area (Å²) in [5.74, 6) is -0.0973. The molecule has 5 nitrogen and oxygen atoms in total. The molecule has 0 saturated heterocycles. The topological polar surface area (TPSA) is 58.6 Å². The van der Waals surface area contributed by atoms with Crippen LogP contribution in [0.1, 0.15) is 42.9 Å². The Labute approximate surface area is 187 Å². The molecule has 30 heavy (non-hydrogen) atoms. The second-order valence-corrected chi connectivity index (χ2v) is 8.09. The molecule has 7 heteroatoms. The van der Waals surface area contributed by atoms with Gasteiger partial charge >= 0.3 is 0 Å². The van der Waals surface area contributed by atoms with Gasteiger partial charge in [-0.1, -0.05) is 54.8 Å². The summed E-state index contributed by atoms with van der Waals surface area (Å²) in [6.07, 6.45) is 4.11. The lowest BCUT2D eigenvalue weighted by Gasteiger charge is -2.32. The van der Waals surface area contributed by atoms with Crippen molar-refractivity contribution in [2.45, 2.75) is 44.3 Å². The molecule has 1 fully saturated rings. The van der Waals surface area contributed by atoms with Crippen LogP contribution in [0.4, 0.5) is 0 Å². The van der Waals surface area contributed by atoms with E-state index in [-0.39, 0.29) is 30.3 Å². The van der Waals surface area contributed by atoms with Gasteiger partial charge in [0.15, 0.2) is 0 Å². The lowest BCUT2D eigenvalue weighted by atomic mass is 10.0. The van der Waals surface area contributed by atoms with Gasteiger partial charge in [0.1, 0.15) is 17.7 Å². The van der Waals surface area contributed by atoms with E-state index >= 15 is 0 Å². The molecular weight excluding hydrogens is 423 g/mol. The van der Waals surface area contributed by atoms with Crippen molar-refractivity contribution in [3.63, 3.8) is 0 Å². The molecule has 0 heterocycles. The number of hydrogen-bond donors (Lipinski definition) is 1. The molecule has 1 unspecified atom stereocenters. The van der Waals surface area contributed by atoms with E-state index < -0.39 is 6.04 Å². The summed E-state index contributed by atoms with van der Waals surface area (Å²) < 4.78 is 5.24. The van der Waals surface area contributed by atoms with Gasteiger partial charge in [0.25, 0.3) is 0 Å². The smallest absolute Gasteiger partial charge is 0.247 e. The number of ether oxygens (including phenoxy) is 1. The number of rotatable bonds is 8. The second kappa shape index (κ2) is 10.7. The number of nitrogens with one attached hydrogen (secondary N) is 1. The Hall–Kier alpha value is -2.24. The Balaban J connectivity index is 1.97. The van der Waals surface area contributed by atoms with E-state index in [1.54, 1.807) is 37.4 Å². The van der Waals surface area contributed by atoms with E-state index in [4.69, 9.17) is 27.9 Å². The maximum Gasteiger partial charge on any atom is 0.247 e. The molecule has 1 aliphatic rings. The lowest BCUT2D eigenvalue weighted by Crippen LogP contribution is -2.46. The molecule has 0 aromatic heterocycles. The Kier molecular flexibility index (Phi) is 8.00. The molecule has 1 aliphatic carbocycles. The largest absolute Gasteiger partial charge is 0.497 e. The molecule has 160 valence electrons. The van der Waals surface area contributed by atoms with Gasteiger partial charge in [-0.2, -0.15) is 0 Å². The number of hydrogen-bond acceptors (Lipinski definition) is 3. The highest BCUT2D eigenvalue weighted by molar-refractivity contribution is 6.31. The van der Waals surface area contributed by atoms with Gasteiger partial charge in [0.2, 0.25) is 11.8 Å². The third kappa shape index (κ3) is 5.46. The molecule has 1 N–H and O–H groups in total. The van der Waals surface area contributed by atoms with Crippen LogP contribution in [0, 0.1) is 0 Å². The van der Waals surface area contributed by atoms with Crippen molar-refractivity contribution in [2.24, 2.45) is 0 Å². The van der Waals surface area contributed by atoms with Crippen LogP contribution in [0.25, 0.3) is 0 Å². The predicted molar refractivity (Wildman–Crippen MR) is 119 cm³/mol. The van der Waals surface area contributed by atoms with E-state index in [0.717, 1.165) is 31.2 Å². The number of benzene rings is 2. The first-order chi connectivity index (χ1) is 14.5. The monoisotopic (exact) mass is 448 g/mol. The minimum absolute atomic E-state index is 0.131. The van der Waals surface area contributed by atoms with Crippen LogP contribution in [0.3, 0.4) is 0 Å². The number of amides is 2. The molecule has 0 spiro atoms. The maximum atomic E-state index is 13.4. The van der Waals surface area contributed by atoms with Gasteiger partial charge in [0, 0.05) is 17.6 Å². The number of halogens is 2. The van der Waals surface area contributed by atoms with Gasteiger partial charge in [-0.3, -0.25) is 9.59 Å². The highest BCUT2D eigenvalue weighted by Gasteiger charge is 2.33. The summed E-state index contributed by atoms with van der Waals surface area (Å²) in [5, 5.41) is 3.66. The molecule has 0 aliphatic heterocycles. The lowest BCUT2D eigenvalue weighted by molar-refractivity contribution is -0.140. The first kappa shape index (κ1) is 22.4. The zero-order chi connectivity index (χ0) is 21.5. The second-order valence-electron chi connectivity index (χ2n) is 7.41. The van der Waals surface area contributed by atoms with Crippen LogP contribution < -0.4 is 10.1 Å². The minimum atomic E-state index is -0.820. The maximum absolute atomic E-state index is 13.4. The molecular formula is C23H26Cl2N2O3. The average molecular weight is 449 g/mol. The standard InChI is InChI=1S/C23H26Cl2N2O3/c1-30-19-12-10-16(11-13-19)22(23(29)26-18-7-3-4-8-18)27(21(28)14-24)15-17-6-2-5-9-20(17)25/h2,5-6,9-13,18,22H,3-4,7-8,14-15H2,1H3,(H,26,29). The Morgan fingerprint density at radius 3 is 2.40 bits per heavy atom. The third-order valence-electron chi connectivity index (χ3n) is 5.43. The molecule has 0 bridgehead atoms. The summed E-state index contributed by atoms with van der Waals surface area (Å²) in [7, 11) is 1.58. The van der Waals surface area contributed by atoms with Crippen molar-refractivity contribution < 1.29 is 14.3 Å². The summed E-state index contributed by atoms with van der Waals surface area (Å²) in [6.45, 7) is 0.181. The van der Waals surface area contributed by atoms with E-state index in [0.29, 0.717) is 16.3 Å². The Morgan fingerprint density at radius 1 is 1.13 bits per heavy atom. The van der Waals surface area contributed by atoms with Crippen LogP contribution in [0.2, 0.25) is 5.02 Å². The summed E-state index contributed by atoms with van der Waals surface area (Å²) in [4.78, 5) is 27.7. The van der Waals surface area contributed by atoms with Crippen LogP contribution in [-0.2, 0) is 16.1 Å². The Bertz CT molecular complexity index is 867. The number of carbonyl (C=O) groups is 2. The van der Waals surface area contributed by atoms with Crippen LogP contribution >= 0.6 is 23.2 Å². The zero-order valence-electron chi connectivity index (χ0n) is 16.9. The van der Waals surface area contributed by atoms with Crippen molar-refractivity contribution in [3.05, 3.63) is 64.7 Å². The number of carbonyl (C=O) groups excluding carboxylic acids is 2. The fourth-order valence-corrected chi connectivity index (χ4v) is 4.17. The quantitative estimate of drug-likeness (QED) is 0.594. The van der Waals surface area contributed by atoms with Crippen molar-refractivity contribution >= 4 is 35.0 Å². The average Bonchev–Trinajstić information content (AvgIpc) is 3.27. The van der Waals surface area contributed by atoms with Gasteiger partial charge in [-0.05, 0) is 42.2 Å². The van der Waals surface area contributed by atoms with Gasteiger partial charge < -0.3 is 15.0 Å². The third-order valence-corrected chi connectivity index (χ3v) is 6.02. The fraction of sp³-hybridized carbons (Fsp3) is 0.391. The van der Waals surface area contributed by atoms with E-state index in [1.807, 2.05) is 18.2 Å². The molecule has 2 aromatic rings. The first-order valence-corrected chi connectivity index (χ1v) is 11.0. The normalized spacial score (nSPS) is 14.9. The SMILES string of the molecule is COc1ccc(C(C(=O)NC2CCCC2)N(Cc2ccccc2Cl)C(=O)CCl)cc1. The van der Waals surface area contributed by atoms with Gasteiger partial charge in [-0.15, -0.1) is 11.6 Å². The summed E-state index contributed by atoms with van der Waals surface area (Å²) in [5.41, 5.74) is 1.45. The van der Waals surface area contributed by atoms with E-state index in [2.05, 4.69) is 5.32 Å². The van der Waals surface area contributed by atoms with Crippen LogP contribution in [0.5, 0.6) is 5.75 Å².